The maximum absolute atomic E-state index is 12.3. The second-order valence-electron chi connectivity index (χ2n) is 5.72. The smallest absolute Gasteiger partial charge is 0.271 e. The number of rotatable bonds is 5. The van der Waals surface area contributed by atoms with Crippen molar-refractivity contribution >= 4 is 28.8 Å². The summed E-state index contributed by atoms with van der Waals surface area (Å²) in [7, 11) is 0. The molecule has 2 aromatic rings. The first-order valence-electron chi connectivity index (χ1n) is 8.18. The van der Waals surface area contributed by atoms with Crippen molar-refractivity contribution in [3.8, 4) is 0 Å². The number of aromatic nitrogens is 1. The Morgan fingerprint density at radius 2 is 1.88 bits per heavy atom. The van der Waals surface area contributed by atoms with Crippen molar-refractivity contribution in [1.82, 2.24) is 15.2 Å². The molecule has 0 radical (unpaired) electrons. The average molecular weight is 359 g/mol. The fraction of sp³-hybridized carbons (Fsp3) is 0.353. The Labute approximate surface area is 150 Å². The van der Waals surface area contributed by atoms with E-state index in [0.717, 1.165) is 13.1 Å². The normalized spacial score (nSPS) is 14.4. The number of piperazine rings is 1. The van der Waals surface area contributed by atoms with Gasteiger partial charge in [-0.15, -0.1) is 11.3 Å². The van der Waals surface area contributed by atoms with E-state index in [1.165, 1.54) is 17.0 Å². The SMILES string of the molecule is NCc1nc(C(=O)NCC(=O)N2CCN(c3ccccc3)CC2)cs1. The van der Waals surface area contributed by atoms with Crippen LogP contribution in [-0.2, 0) is 11.3 Å². The Kier molecular flexibility index (Phi) is 5.62. The summed E-state index contributed by atoms with van der Waals surface area (Å²) >= 11 is 1.34. The topological polar surface area (TPSA) is 91.6 Å². The van der Waals surface area contributed by atoms with Gasteiger partial charge in [-0.25, -0.2) is 4.98 Å². The predicted octanol–water partition coefficient (Wildman–Crippen LogP) is 0.680. The number of benzene rings is 1. The maximum atomic E-state index is 12.3. The number of hydrogen-bond donors (Lipinski definition) is 2. The van der Waals surface area contributed by atoms with Gasteiger partial charge in [-0.3, -0.25) is 9.59 Å². The molecule has 1 aromatic heterocycles. The van der Waals surface area contributed by atoms with Crippen LogP contribution in [0.3, 0.4) is 0 Å². The highest BCUT2D eigenvalue weighted by Gasteiger charge is 2.22. The van der Waals surface area contributed by atoms with E-state index in [1.807, 2.05) is 18.2 Å². The molecule has 132 valence electrons. The molecule has 0 atom stereocenters. The van der Waals surface area contributed by atoms with E-state index in [0.29, 0.717) is 30.3 Å². The molecule has 1 aromatic carbocycles. The second-order valence-corrected chi connectivity index (χ2v) is 6.66. The van der Waals surface area contributed by atoms with Crippen molar-refractivity contribution in [3.63, 3.8) is 0 Å². The largest absolute Gasteiger partial charge is 0.368 e. The lowest BCUT2D eigenvalue weighted by Crippen LogP contribution is -2.51. The molecule has 0 unspecified atom stereocenters. The molecular formula is C17H21N5O2S. The molecule has 1 saturated heterocycles. The molecular weight excluding hydrogens is 338 g/mol. The number of carbonyl (C=O) groups excluding carboxylic acids is 2. The Morgan fingerprint density at radius 1 is 1.16 bits per heavy atom. The van der Waals surface area contributed by atoms with Gasteiger partial charge in [-0.1, -0.05) is 18.2 Å². The molecule has 0 bridgehead atoms. The molecule has 25 heavy (non-hydrogen) atoms. The Hall–Kier alpha value is -2.45. The van der Waals surface area contributed by atoms with Crippen molar-refractivity contribution in [2.45, 2.75) is 6.54 Å². The van der Waals surface area contributed by atoms with E-state index in [4.69, 9.17) is 5.73 Å². The number of amides is 2. The van der Waals surface area contributed by atoms with Crippen molar-refractivity contribution < 1.29 is 9.59 Å². The van der Waals surface area contributed by atoms with Gasteiger partial charge in [-0.05, 0) is 12.1 Å². The number of nitrogens with two attached hydrogens (primary N) is 1. The van der Waals surface area contributed by atoms with E-state index in [9.17, 15) is 9.59 Å². The first-order valence-corrected chi connectivity index (χ1v) is 9.06. The highest BCUT2D eigenvalue weighted by molar-refractivity contribution is 7.09. The van der Waals surface area contributed by atoms with E-state index in [2.05, 4.69) is 27.3 Å². The van der Waals surface area contributed by atoms with Gasteiger partial charge >= 0.3 is 0 Å². The highest BCUT2D eigenvalue weighted by Crippen LogP contribution is 2.15. The fourth-order valence-corrected chi connectivity index (χ4v) is 3.37. The first-order chi connectivity index (χ1) is 12.2. The molecule has 2 amide bonds. The molecule has 7 nitrogen and oxygen atoms in total. The Morgan fingerprint density at radius 3 is 2.52 bits per heavy atom. The van der Waals surface area contributed by atoms with Gasteiger partial charge in [0.2, 0.25) is 5.91 Å². The summed E-state index contributed by atoms with van der Waals surface area (Å²) in [6.07, 6.45) is 0. The van der Waals surface area contributed by atoms with Crippen LogP contribution in [0.2, 0.25) is 0 Å². The first kappa shape index (κ1) is 17.4. The molecule has 1 fully saturated rings. The third-order valence-corrected chi connectivity index (χ3v) is 4.98. The Balaban J connectivity index is 1.45. The van der Waals surface area contributed by atoms with Gasteiger partial charge in [0.25, 0.3) is 5.91 Å². The molecule has 0 saturated carbocycles. The van der Waals surface area contributed by atoms with Crippen LogP contribution >= 0.6 is 11.3 Å². The summed E-state index contributed by atoms with van der Waals surface area (Å²) in [5, 5.41) is 4.99. The molecule has 1 aliphatic rings. The zero-order chi connectivity index (χ0) is 17.6. The van der Waals surface area contributed by atoms with Crippen LogP contribution in [0.15, 0.2) is 35.7 Å². The molecule has 0 aliphatic carbocycles. The number of nitrogens with zero attached hydrogens (tertiary/aromatic N) is 3. The van der Waals surface area contributed by atoms with Crippen molar-refractivity contribution in [2.24, 2.45) is 5.73 Å². The average Bonchev–Trinajstić information content (AvgIpc) is 3.16. The Bertz CT molecular complexity index is 726. The molecule has 2 heterocycles. The quantitative estimate of drug-likeness (QED) is 0.819. The van der Waals surface area contributed by atoms with Crippen LogP contribution in [0, 0.1) is 0 Å². The van der Waals surface area contributed by atoms with Gasteiger partial charge in [0.05, 0.1) is 6.54 Å². The van der Waals surface area contributed by atoms with Gasteiger partial charge in [0.1, 0.15) is 10.7 Å². The van der Waals surface area contributed by atoms with Crippen LogP contribution in [0.25, 0.3) is 0 Å². The summed E-state index contributed by atoms with van der Waals surface area (Å²) in [6, 6.07) is 10.2. The van der Waals surface area contributed by atoms with E-state index >= 15 is 0 Å². The zero-order valence-corrected chi connectivity index (χ0v) is 14.7. The third-order valence-electron chi connectivity index (χ3n) is 4.11. The minimum absolute atomic E-state index is 0.0142. The monoisotopic (exact) mass is 359 g/mol. The van der Waals surface area contributed by atoms with Crippen LogP contribution in [0.4, 0.5) is 5.69 Å². The molecule has 3 rings (SSSR count). The summed E-state index contributed by atoms with van der Waals surface area (Å²) in [5.41, 5.74) is 6.97. The van der Waals surface area contributed by atoms with Crippen LogP contribution in [0.1, 0.15) is 15.5 Å². The minimum atomic E-state index is -0.341. The van der Waals surface area contributed by atoms with Crippen LogP contribution in [0.5, 0.6) is 0 Å². The number of hydrogen-bond acceptors (Lipinski definition) is 6. The molecule has 8 heteroatoms. The summed E-state index contributed by atoms with van der Waals surface area (Å²) < 4.78 is 0. The third kappa shape index (κ3) is 4.34. The lowest BCUT2D eigenvalue weighted by atomic mass is 10.2. The predicted molar refractivity (Wildman–Crippen MR) is 97.6 cm³/mol. The fourth-order valence-electron chi connectivity index (χ4n) is 2.72. The number of nitrogens with one attached hydrogen (secondary N) is 1. The van der Waals surface area contributed by atoms with Gasteiger partial charge in [0.15, 0.2) is 0 Å². The molecule has 1 aliphatic heterocycles. The summed E-state index contributed by atoms with van der Waals surface area (Å²) in [4.78, 5) is 32.5. The van der Waals surface area contributed by atoms with Gasteiger partial charge < -0.3 is 20.9 Å². The lowest BCUT2D eigenvalue weighted by Gasteiger charge is -2.36. The van der Waals surface area contributed by atoms with E-state index in [1.54, 1.807) is 10.3 Å². The number of anilines is 1. The van der Waals surface area contributed by atoms with Crippen molar-refractivity contribution in [1.29, 1.82) is 0 Å². The standard InChI is InChI=1S/C17H21N5O2S/c18-10-15-20-14(12-25-15)17(24)19-11-16(23)22-8-6-21(7-9-22)13-4-2-1-3-5-13/h1-5,12H,6-11,18H2,(H,19,24). The zero-order valence-electron chi connectivity index (χ0n) is 13.9. The van der Waals surface area contributed by atoms with Gasteiger partial charge in [0, 0.05) is 43.8 Å². The highest BCUT2D eigenvalue weighted by atomic mass is 32.1. The van der Waals surface area contributed by atoms with E-state index < -0.39 is 0 Å². The minimum Gasteiger partial charge on any atom is -0.368 e. The van der Waals surface area contributed by atoms with Gasteiger partial charge in [-0.2, -0.15) is 0 Å². The number of para-hydroxylation sites is 1. The molecule has 0 spiro atoms. The van der Waals surface area contributed by atoms with Crippen LogP contribution in [-0.4, -0.2) is 54.4 Å². The van der Waals surface area contributed by atoms with Crippen molar-refractivity contribution in [2.75, 3.05) is 37.6 Å². The van der Waals surface area contributed by atoms with E-state index in [-0.39, 0.29) is 18.4 Å². The summed E-state index contributed by atoms with van der Waals surface area (Å²) in [5.74, 6) is -0.414. The second kappa shape index (κ2) is 8.09. The number of carbonyl (C=O) groups is 2. The van der Waals surface area contributed by atoms with Crippen molar-refractivity contribution in [3.05, 3.63) is 46.4 Å². The van der Waals surface area contributed by atoms with Crippen LogP contribution < -0.4 is 16.0 Å². The summed E-state index contributed by atoms with van der Waals surface area (Å²) in [6.45, 7) is 3.17. The number of thiazole rings is 1. The maximum Gasteiger partial charge on any atom is 0.271 e. The lowest BCUT2D eigenvalue weighted by molar-refractivity contribution is -0.130. The molecule has 3 N–H and O–H groups in total.